The molecule has 3 radical (unpaired) electrons. The Kier molecular flexibility index (Phi) is 17.6. The molecule has 305 valence electrons. The minimum absolute atomic E-state index is 0. The van der Waals surface area contributed by atoms with Gasteiger partial charge in [-0.05, 0) is 66.0 Å². The van der Waals surface area contributed by atoms with Gasteiger partial charge in [0, 0.05) is 119 Å². The van der Waals surface area contributed by atoms with Crippen LogP contribution in [0, 0.1) is 10.1 Å². The number of nitro benzene ring substituents is 1. The van der Waals surface area contributed by atoms with Crippen LogP contribution in [-0.2, 0) is 30.4 Å². The van der Waals surface area contributed by atoms with Gasteiger partial charge in [0.15, 0.2) is 5.75 Å². The molecule has 0 atom stereocenters. The van der Waals surface area contributed by atoms with E-state index in [4.69, 9.17) is 0 Å². The van der Waals surface area contributed by atoms with Crippen LogP contribution in [0.4, 0.5) is 51.2 Å². The van der Waals surface area contributed by atoms with Crippen molar-refractivity contribution in [2.75, 3.05) is 5.32 Å². The third-order valence-electron chi connectivity index (χ3n) is 7.91. The number of hydrogen-bond acceptors (Lipinski definition) is 18. The molecule has 28 heteroatoms. The third kappa shape index (κ3) is 12.5. The molecule has 0 unspecified atom stereocenters. The minimum atomic E-state index is -5.24. The Balaban J connectivity index is 0.00000341. The average molecular weight is 934 g/mol. The summed E-state index contributed by atoms with van der Waals surface area (Å²) in [5, 5.41) is 68.3. The van der Waals surface area contributed by atoms with Crippen molar-refractivity contribution in [3.05, 3.63) is 113 Å². The topological polar surface area (TPSA) is 353 Å². The van der Waals surface area contributed by atoms with Crippen LogP contribution >= 0.6 is 0 Å². The zero-order chi connectivity index (χ0) is 42.9. The van der Waals surface area contributed by atoms with Gasteiger partial charge in [-0.25, -0.2) is 0 Å². The number of nitro groups is 1. The number of non-ortho nitro benzene ring substituents is 1. The maximum atomic E-state index is 12.4. The molecule has 62 heavy (non-hydrogen) atoms. The zero-order valence-electron chi connectivity index (χ0n) is 32.1. The van der Waals surface area contributed by atoms with Crippen molar-refractivity contribution in [1.82, 2.24) is 0 Å². The average Bonchev–Trinajstić information content (AvgIpc) is 3.16. The molecule has 0 heterocycles. The summed E-state index contributed by atoms with van der Waals surface area (Å²) < 4.78 is 103. The Bertz CT molecular complexity index is 3130. The first kappa shape index (κ1) is 52.1. The summed E-state index contributed by atoms with van der Waals surface area (Å²) in [5.41, 5.74) is -2.36. The van der Waals surface area contributed by atoms with Crippen molar-refractivity contribution in [1.29, 1.82) is 0 Å². The van der Waals surface area contributed by atoms with Gasteiger partial charge in [0.2, 0.25) is 0 Å². The molecule has 0 fully saturated rings. The van der Waals surface area contributed by atoms with Gasteiger partial charge in [-0.15, -0.1) is 20.5 Å². The maximum Gasteiger partial charge on any atom is 0.296 e. The fourth-order valence-corrected chi connectivity index (χ4v) is 7.07. The summed E-state index contributed by atoms with van der Waals surface area (Å²) in [7, 11) is -15.1. The van der Waals surface area contributed by atoms with E-state index in [0.717, 1.165) is 48.5 Å². The van der Waals surface area contributed by atoms with Gasteiger partial charge in [0.05, 0.1) is 38.0 Å². The Morgan fingerprint density at radius 2 is 1.10 bits per heavy atom. The van der Waals surface area contributed by atoms with Gasteiger partial charge in [-0.1, -0.05) is 18.2 Å². The molecule has 0 aliphatic heterocycles. The first-order valence-corrected chi connectivity index (χ1v) is 20.3. The number of para-hydroxylation sites is 1. The van der Waals surface area contributed by atoms with Crippen LogP contribution in [0.5, 0.6) is 17.2 Å². The Hall–Kier alpha value is -4.29. The molecule has 0 aliphatic rings. The number of aromatic hydroxyl groups is 3. The molecule has 0 aliphatic carbocycles. The molecule has 6 aromatic rings. The number of fused-ring (bicyclic) bond motifs is 1. The number of rotatable bonds is 12. The van der Waals surface area contributed by atoms with E-state index < -0.39 is 95.0 Å². The summed E-state index contributed by atoms with van der Waals surface area (Å²) >= 11 is 0. The van der Waals surface area contributed by atoms with Crippen LogP contribution in [-0.4, -0.2) is 148 Å². The fourth-order valence-electron chi connectivity index (χ4n) is 5.21. The molecule has 6 rings (SSSR count). The largest absolute Gasteiger partial charge is 0.505 e. The van der Waals surface area contributed by atoms with Gasteiger partial charge in [-0.2, -0.15) is 35.5 Å². The third-order valence-corrected chi connectivity index (χ3v) is 10.5. The van der Waals surface area contributed by atoms with Crippen LogP contribution < -0.4 is 5.32 Å². The zero-order valence-corrected chi connectivity index (χ0v) is 40.6. The summed E-state index contributed by atoms with van der Waals surface area (Å²) in [6.45, 7) is 0. The monoisotopic (exact) mass is 933 g/mol. The van der Waals surface area contributed by atoms with E-state index in [1.165, 1.54) is 12.1 Å². The fraction of sp³-hybridized carbons (Fsp3) is 0. The second kappa shape index (κ2) is 20.9. The first-order chi connectivity index (χ1) is 27.7. The van der Waals surface area contributed by atoms with E-state index in [2.05, 4.69) is 36.0 Å². The number of phenols is 3. The van der Waals surface area contributed by atoms with E-state index in [-0.39, 0.29) is 117 Å². The van der Waals surface area contributed by atoms with Crippen molar-refractivity contribution in [3.8, 4) is 17.2 Å². The van der Waals surface area contributed by atoms with E-state index >= 15 is 0 Å². The van der Waals surface area contributed by atoms with Gasteiger partial charge in [-0.3, -0.25) is 23.8 Å². The second-order valence-corrected chi connectivity index (χ2v) is 16.1. The summed E-state index contributed by atoms with van der Waals surface area (Å²) in [4.78, 5) is 7.77. The van der Waals surface area contributed by atoms with Crippen LogP contribution in [0.2, 0.25) is 0 Å². The number of hydrogen-bond donors (Lipinski definition) is 7. The van der Waals surface area contributed by atoms with Crippen LogP contribution in [0.15, 0.2) is 149 Å². The molecule has 0 bridgehead atoms. The molecule has 6 aromatic carbocycles. The molecular formula is C34H24N8Na3O14S3. The normalized spacial score (nSPS) is 11.9. The van der Waals surface area contributed by atoms with E-state index in [1.54, 1.807) is 30.3 Å². The van der Waals surface area contributed by atoms with Crippen LogP contribution in [0.1, 0.15) is 0 Å². The predicted octanol–water partition coefficient (Wildman–Crippen LogP) is 7.45. The van der Waals surface area contributed by atoms with Crippen molar-refractivity contribution >= 4 is 181 Å². The second-order valence-electron chi connectivity index (χ2n) is 11.9. The smallest absolute Gasteiger partial charge is 0.296 e. The van der Waals surface area contributed by atoms with E-state index in [9.17, 15) is 64.3 Å². The number of anilines is 2. The summed E-state index contributed by atoms with van der Waals surface area (Å²) in [6.07, 6.45) is 0. The maximum absolute atomic E-state index is 12.4. The van der Waals surface area contributed by atoms with Gasteiger partial charge in [0.1, 0.15) is 38.4 Å². The number of phenolic OH excluding ortho intramolecular Hbond substituents is 3. The van der Waals surface area contributed by atoms with Gasteiger partial charge >= 0.3 is 0 Å². The predicted molar refractivity (Wildman–Crippen MR) is 224 cm³/mol. The van der Waals surface area contributed by atoms with Crippen molar-refractivity contribution < 1.29 is 59.2 Å². The first-order valence-electron chi connectivity index (χ1n) is 16.0. The Morgan fingerprint density at radius 3 is 1.66 bits per heavy atom. The van der Waals surface area contributed by atoms with Crippen molar-refractivity contribution in [2.45, 2.75) is 14.7 Å². The minimum Gasteiger partial charge on any atom is -0.505 e. The van der Waals surface area contributed by atoms with E-state index in [0.29, 0.717) is 17.8 Å². The molecule has 0 spiro atoms. The molecule has 0 saturated carbocycles. The Morgan fingerprint density at radius 1 is 0.548 bits per heavy atom. The van der Waals surface area contributed by atoms with Crippen LogP contribution in [0.3, 0.4) is 0 Å². The number of azo groups is 3. The molecule has 0 aromatic heterocycles. The van der Waals surface area contributed by atoms with E-state index in [1.807, 2.05) is 0 Å². The molecule has 22 nitrogen and oxygen atoms in total. The molecule has 7 N–H and O–H groups in total. The van der Waals surface area contributed by atoms with Crippen LogP contribution in [0.25, 0.3) is 10.8 Å². The molecule has 0 saturated heterocycles. The quantitative estimate of drug-likeness (QED) is 0.0206. The summed E-state index contributed by atoms with van der Waals surface area (Å²) in [6, 6.07) is 20.2. The van der Waals surface area contributed by atoms with Crippen molar-refractivity contribution in [3.63, 3.8) is 0 Å². The molecule has 0 amide bonds. The molecular weight excluding hydrogens is 910 g/mol. The number of nitrogens with zero attached hydrogens (tertiary/aromatic N) is 7. The SMILES string of the molecule is O=[N+]([O-])c1ccc(N=Nc2c(S(=O)(=O)O)cc3cc(S(=O)(=O)O)cc(N=Nc4cc(N=Nc5ccc(Nc6ccccc6)c(S(=O)(=O)O)c5)c(O)cc4O)c3c2O)cc1.[Na].[Na].[Na]. The standard InChI is InChI=1S/C34H24N8O14S3.3Na/c43-28-17-29(44)26(16-25(28)38-37-21-8-11-24(30(14-21)58(51,52)53)35-19-4-2-1-3-5-19)39-40-27-15-23(57(48,49)50)12-18-13-31(59(54,55)56)33(34(45)32(18)27)41-36-20-6-9-22(10-7-20)42(46)47;;;/h1-17,35,43-45H,(H,48,49,50)(H,51,52,53)(H,54,55,56);;;. The van der Waals surface area contributed by atoms with Crippen molar-refractivity contribution in [2.24, 2.45) is 30.7 Å². The summed E-state index contributed by atoms with van der Waals surface area (Å²) in [5.74, 6) is -2.46. The number of benzene rings is 6. The van der Waals surface area contributed by atoms with Gasteiger partial charge < -0.3 is 20.6 Å². The number of nitrogens with one attached hydrogen (secondary N) is 1. The van der Waals surface area contributed by atoms with Gasteiger partial charge in [0.25, 0.3) is 36.0 Å². The Labute approximate surface area is 416 Å².